The molecule has 74 valence electrons. The Kier molecular flexibility index (Phi) is 5.56. The highest BCUT2D eigenvalue weighted by Crippen LogP contribution is 2.22. The molecule has 1 nitrogen and oxygen atoms in total. The SMILES string of the molecule is CCCCCC(C)(O)CC(C)C. The molecular formula is C11H24O. The van der Waals surface area contributed by atoms with Crippen LogP contribution in [0.3, 0.4) is 0 Å². The number of aliphatic hydroxyl groups is 1. The summed E-state index contributed by atoms with van der Waals surface area (Å²) in [5, 5.41) is 9.91. The molecule has 0 aromatic rings. The highest BCUT2D eigenvalue weighted by atomic mass is 16.3. The molecule has 0 bridgehead atoms. The molecule has 1 unspecified atom stereocenters. The van der Waals surface area contributed by atoms with Crippen molar-refractivity contribution >= 4 is 0 Å². The van der Waals surface area contributed by atoms with Gasteiger partial charge in [-0.05, 0) is 25.7 Å². The summed E-state index contributed by atoms with van der Waals surface area (Å²) in [5.74, 6) is 0.599. The van der Waals surface area contributed by atoms with Crippen LogP contribution in [0.15, 0.2) is 0 Å². The third-order valence-corrected chi connectivity index (χ3v) is 2.17. The maximum absolute atomic E-state index is 9.91. The lowest BCUT2D eigenvalue weighted by Gasteiger charge is -2.25. The molecule has 0 saturated carbocycles. The first-order valence-corrected chi connectivity index (χ1v) is 5.20. The van der Waals surface area contributed by atoms with E-state index in [1.165, 1.54) is 12.8 Å². The van der Waals surface area contributed by atoms with Gasteiger partial charge in [0, 0.05) is 0 Å². The number of unbranched alkanes of at least 4 members (excludes halogenated alkanes) is 2. The second kappa shape index (κ2) is 5.58. The van der Waals surface area contributed by atoms with Crippen molar-refractivity contribution in [2.24, 2.45) is 5.92 Å². The van der Waals surface area contributed by atoms with Crippen LogP contribution in [0.2, 0.25) is 0 Å². The van der Waals surface area contributed by atoms with Gasteiger partial charge in [-0.15, -0.1) is 0 Å². The highest BCUT2D eigenvalue weighted by molar-refractivity contribution is 4.73. The summed E-state index contributed by atoms with van der Waals surface area (Å²) >= 11 is 0. The molecule has 0 amide bonds. The highest BCUT2D eigenvalue weighted by Gasteiger charge is 2.20. The zero-order valence-corrected chi connectivity index (χ0v) is 9.06. The van der Waals surface area contributed by atoms with Gasteiger partial charge in [0.15, 0.2) is 0 Å². The number of rotatable bonds is 6. The van der Waals surface area contributed by atoms with Gasteiger partial charge in [0.1, 0.15) is 0 Å². The largest absolute Gasteiger partial charge is 0.390 e. The van der Waals surface area contributed by atoms with Gasteiger partial charge in [-0.3, -0.25) is 0 Å². The molecule has 0 aromatic carbocycles. The normalized spacial score (nSPS) is 16.5. The van der Waals surface area contributed by atoms with Crippen molar-refractivity contribution in [3.63, 3.8) is 0 Å². The molecule has 1 heteroatoms. The minimum absolute atomic E-state index is 0.427. The predicted molar refractivity (Wildman–Crippen MR) is 54.2 cm³/mol. The van der Waals surface area contributed by atoms with Crippen LogP contribution < -0.4 is 0 Å². The Morgan fingerprint density at radius 1 is 1.25 bits per heavy atom. The van der Waals surface area contributed by atoms with Gasteiger partial charge in [-0.2, -0.15) is 0 Å². The minimum atomic E-state index is -0.427. The Bertz CT molecular complexity index is 106. The van der Waals surface area contributed by atoms with E-state index >= 15 is 0 Å². The topological polar surface area (TPSA) is 20.2 Å². The molecule has 0 heterocycles. The fourth-order valence-corrected chi connectivity index (χ4v) is 1.74. The van der Waals surface area contributed by atoms with Crippen molar-refractivity contribution in [1.82, 2.24) is 0 Å². The number of hydrogen-bond acceptors (Lipinski definition) is 1. The van der Waals surface area contributed by atoms with E-state index in [0.717, 1.165) is 19.3 Å². The average molecular weight is 172 g/mol. The maximum atomic E-state index is 9.91. The summed E-state index contributed by atoms with van der Waals surface area (Å²) in [6.07, 6.45) is 5.53. The van der Waals surface area contributed by atoms with Crippen LogP contribution in [-0.2, 0) is 0 Å². The Hall–Kier alpha value is -0.0400. The van der Waals surface area contributed by atoms with Crippen LogP contribution in [0.5, 0.6) is 0 Å². The lowest BCUT2D eigenvalue weighted by molar-refractivity contribution is 0.0275. The van der Waals surface area contributed by atoms with Gasteiger partial charge in [-0.1, -0.05) is 40.0 Å². The Balaban J connectivity index is 3.56. The quantitative estimate of drug-likeness (QED) is 0.609. The van der Waals surface area contributed by atoms with Crippen molar-refractivity contribution < 1.29 is 5.11 Å². The standard InChI is InChI=1S/C11H24O/c1-5-6-7-8-11(4,12)9-10(2)3/h10,12H,5-9H2,1-4H3. The summed E-state index contributed by atoms with van der Waals surface area (Å²) in [4.78, 5) is 0. The van der Waals surface area contributed by atoms with Crippen LogP contribution in [-0.4, -0.2) is 10.7 Å². The average Bonchev–Trinajstić information content (AvgIpc) is 1.84. The van der Waals surface area contributed by atoms with Crippen molar-refractivity contribution in [1.29, 1.82) is 0 Å². The second-order valence-electron chi connectivity index (χ2n) is 4.55. The summed E-state index contributed by atoms with van der Waals surface area (Å²) in [6.45, 7) is 8.47. The number of hydrogen-bond donors (Lipinski definition) is 1. The minimum Gasteiger partial charge on any atom is -0.390 e. The molecule has 1 atom stereocenters. The molecule has 0 spiro atoms. The molecule has 0 aliphatic rings. The summed E-state index contributed by atoms with van der Waals surface area (Å²) in [6, 6.07) is 0. The first-order valence-electron chi connectivity index (χ1n) is 5.20. The second-order valence-corrected chi connectivity index (χ2v) is 4.55. The predicted octanol–water partition coefficient (Wildman–Crippen LogP) is 3.36. The van der Waals surface area contributed by atoms with Crippen LogP contribution in [0.4, 0.5) is 0 Å². The van der Waals surface area contributed by atoms with E-state index in [1.54, 1.807) is 0 Å². The fraction of sp³-hybridized carbons (Fsp3) is 1.00. The molecule has 0 aliphatic carbocycles. The molecule has 0 saturated heterocycles. The van der Waals surface area contributed by atoms with E-state index in [-0.39, 0.29) is 0 Å². The summed E-state index contributed by atoms with van der Waals surface area (Å²) < 4.78 is 0. The Morgan fingerprint density at radius 2 is 1.83 bits per heavy atom. The monoisotopic (exact) mass is 172 g/mol. The van der Waals surface area contributed by atoms with E-state index < -0.39 is 5.60 Å². The van der Waals surface area contributed by atoms with Gasteiger partial charge in [-0.25, -0.2) is 0 Å². The zero-order valence-electron chi connectivity index (χ0n) is 9.06. The molecule has 1 N–H and O–H groups in total. The van der Waals surface area contributed by atoms with Crippen LogP contribution in [0.25, 0.3) is 0 Å². The summed E-state index contributed by atoms with van der Waals surface area (Å²) in [5.41, 5.74) is -0.427. The van der Waals surface area contributed by atoms with Gasteiger partial charge in [0.25, 0.3) is 0 Å². The molecule has 0 radical (unpaired) electrons. The van der Waals surface area contributed by atoms with Crippen LogP contribution >= 0.6 is 0 Å². The lowest BCUT2D eigenvalue weighted by atomic mass is 9.89. The molecule has 0 fully saturated rings. The smallest absolute Gasteiger partial charge is 0.0622 e. The van der Waals surface area contributed by atoms with E-state index in [9.17, 15) is 5.11 Å². The lowest BCUT2D eigenvalue weighted by Crippen LogP contribution is -2.25. The third kappa shape index (κ3) is 6.66. The van der Waals surface area contributed by atoms with Crippen molar-refractivity contribution in [2.75, 3.05) is 0 Å². The third-order valence-electron chi connectivity index (χ3n) is 2.17. The zero-order chi connectivity index (χ0) is 9.61. The molecule has 0 aromatic heterocycles. The van der Waals surface area contributed by atoms with Gasteiger partial charge in [0.2, 0.25) is 0 Å². The van der Waals surface area contributed by atoms with Crippen LogP contribution in [0, 0.1) is 5.92 Å². The first kappa shape index (κ1) is 12.0. The molecule has 12 heavy (non-hydrogen) atoms. The van der Waals surface area contributed by atoms with Crippen LogP contribution in [0.1, 0.15) is 59.8 Å². The Labute approximate surface area is 77.2 Å². The molecule has 0 rings (SSSR count). The van der Waals surface area contributed by atoms with Crippen molar-refractivity contribution in [2.45, 2.75) is 65.4 Å². The van der Waals surface area contributed by atoms with E-state index in [2.05, 4.69) is 20.8 Å². The van der Waals surface area contributed by atoms with Crippen molar-refractivity contribution in [3.05, 3.63) is 0 Å². The van der Waals surface area contributed by atoms with Gasteiger partial charge >= 0.3 is 0 Å². The van der Waals surface area contributed by atoms with E-state index in [1.807, 2.05) is 6.92 Å². The van der Waals surface area contributed by atoms with Gasteiger partial charge in [0.05, 0.1) is 5.60 Å². The maximum Gasteiger partial charge on any atom is 0.0622 e. The molecule has 0 aliphatic heterocycles. The summed E-state index contributed by atoms with van der Waals surface area (Å²) in [7, 11) is 0. The Morgan fingerprint density at radius 3 is 2.25 bits per heavy atom. The van der Waals surface area contributed by atoms with Gasteiger partial charge < -0.3 is 5.11 Å². The van der Waals surface area contributed by atoms with E-state index in [4.69, 9.17) is 0 Å². The van der Waals surface area contributed by atoms with Crippen molar-refractivity contribution in [3.8, 4) is 0 Å². The molecular weight excluding hydrogens is 148 g/mol. The van der Waals surface area contributed by atoms with E-state index in [0.29, 0.717) is 5.92 Å². The fourth-order valence-electron chi connectivity index (χ4n) is 1.74. The first-order chi connectivity index (χ1) is 5.48.